The number of Topliss-reactive ketones (excluding diaryl/α,β-unsaturated/α-hetero) is 1. The van der Waals surface area contributed by atoms with E-state index in [1.807, 2.05) is 30.3 Å². The standard InChI is InChI=1S/C21H24FN3O6/c1-3-14(20(29)24-15(9-18(27)28)16(26)10-22)19-17(31-2)11-23-25(21(19)30)12-13-7-5-4-6-8-13/h4-8,11,14-15H,3,9-10,12H2,1-2H3,(H,24,29)(H,27,28). The number of benzene rings is 1. The van der Waals surface area contributed by atoms with Gasteiger partial charge in [-0.1, -0.05) is 37.3 Å². The number of alkyl halides is 1. The van der Waals surface area contributed by atoms with Crippen molar-refractivity contribution >= 4 is 17.7 Å². The Balaban J connectivity index is 2.41. The van der Waals surface area contributed by atoms with Crippen molar-refractivity contribution in [2.45, 2.75) is 38.3 Å². The predicted molar refractivity (Wildman–Crippen MR) is 109 cm³/mol. The number of ketones is 1. The molecule has 0 aliphatic rings. The van der Waals surface area contributed by atoms with Gasteiger partial charge in [0.2, 0.25) is 5.91 Å². The summed E-state index contributed by atoms with van der Waals surface area (Å²) in [6.07, 6.45) is 0.699. The van der Waals surface area contributed by atoms with E-state index < -0.39 is 48.3 Å². The molecular formula is C21H24FN3O6. The van der Waals surface area contributed by atoms with Crippen molar-refractivity contribution < 1.29 is 28.6 Å². The Morgan fingerprint density at radius 3 is 2.48 bits per heavy atom. The van der Waals surface area contributed by atoms with E-state index in [0.717, 1.165) is 5.56 Å². The van der Waals surface area contributed by atoms with Crippen LogP contribution < -0.4 is 15.6 Å². The van der Waals surface area contributed by atoms with Crippen LogP contribution >= 0.6 is 0 Å². The number of nitrogens with one attached hydrogen (secondary N) is 1. The molecule has 0 aliphatic carbocycles. The molecular weight excluding hydrogens is 409 g/mol. The molecule has 2 aromatic rings. The van der Waals surface area contributed by atoms with E-state index in [2.05, 4.69) is 10.4 Å². The first-order valence-electron chi connectivity index (χ1n) is 9.61. The number of aromatic nitrogens is 2. The Kier molecular flexibility index (Phi) is 8.42. The van der Waals surface area contributed by atoms with Crippen molar-refractivity contribution in [2.75, 3.05) is 13.8 Å². The van der Waals surface area contributed by atoms with Crippen LogP contribution in [0.1, 0.15) is 36.8 Å². The van der Waals surface area contributed by atoms with Crippen LogP contribution in [0.2, 0.25) is 0 Å². The summed E-state index contributed by atoms with van der Waals surface area (Å²) in [4.78, 5) is 48.7. The molecule has 2 N–H and O–H groups in total. The number of nitrogens with zero attached hydrogens (tertiary/aromatic N) is 2. The summed E-state index contributed by atoms with van der Waals surface area (Å²) in [5, 5.41) is 15.3. The summed E-state index contributed by atoms with van der Waals surface area (Å²) in [5.74, 6) is -4.18. The molecule has 0 radical (unpaired) electrons. The van der Waals surface area contributed by atoms with Crippen LogP contribution in [0.5, 0.6) is 5.75 Å². The van der Waals surface area contributed by atoms with Gasteiger partial charge >= 0.3 is 5.97 Å². The van der Waals surface area contributed by atoms with Crippen molar-refractivity contribution in [1.82, 2.24) is 15.1 Å². The number of rotatable bonds is 11. The minimum Gasteiger partial charge on any atom is -0.495 e. The second-order valence-electron chi connectivity index (χ2n) is 6.79. The van der Waals surface area contributed by atoms with Crippen LogP contribution in [-0.2, 0) is 20.9 Å². The van der Waals surface area contributed by atoms with E-state index >= 15 is 0 Å². The Hall–Kier alpha value is -3.56. The van der Waals surface area contributed by atoms with Crippen LogP contribution in [0.4, 0.5) is 4.39 Å². The number of halogens is 1. The molecule has 0 saturated heterocycles. The van der Waals surface area contributed by atoms with Gasteiger partial charge in [0, 0.05) is 0 Å². The third kappa shape index (κ3) is 5.97. The fourth-order valence-corrected chi connectivity index (χ4v) is 3.15. The topological polar surface area (TPSA) is 128 Å². The second-order valence-corrected chi connectivity index (χ2v) is 6.79. The molecule has 0 saturated carbocycles. The smallest absolute Gasteiger partial charge is 0.305 e. The average molecular weight is 433 g/mol. The molecule has 1 aromatic heterocycles. The number of ether oxygens (including phenoxy) is 1. The van der Waals surface area contributed by atoms with Gasteiger partial charge in [0.1, 0.15) is 18.5 Å². The highest BCUT2D eigenvalue weighted by Gasteiger charge is 2.31. The van der Waals surface area contributed by atoms with Crippen LogP contribution in [0.15, 0.2) is 41.3 Å². The third-order valence-electron chi connectivity index (χ3n) is 4.73. The van der Waals surface area contributed by atoms with Gasteiger partial charge in [0.05, 0.1) is 37.8 Å². The quantitative estimate of drug-likeness (QED) is 0.547. The number of hydrogen-bond acceptors (Lipinski definition) is 6. The molecule has 166 valence electrons. The van der Waals surface area contributed by atoms with Gasteiger partial charge in [-0.25, -0.2) is 9.07 Å². The number of carbonyl (C=O) groups is 3. The molecule has 2 atom stereocenters. The number of carboxylic acid groups (broad SMARTS) is 1. The van der Waals surface area contributed by atoms with Crippen molar-refractivity contribution in [2.24, 2.45) is 0 Å². The first kappa shape index (κ1) is 23.7. The number of methoxy groups -OCH3 is 1. The first-order valence-corrected chi connectivity index (χ1v) is 9.61. The molecule has 0 bridgehead atoms. The van der Waals surface area contributed by atoms with Crippen LogP contribution in [-0.4, -0.2) is 52.4 Å². The average Bonchev–Trinajstić information content (AvgIpc) is 2.76. The van der Waals surface area contributed by atoms with Crippen LogP contribution in [0.3, 0.4) is 0 Å². The number of hydrogen-bond donors (Lipinski definition) is 2. The Labute approximate surface area is 177 Å². The van der Waals surface area contributed by atoms with Gasteiger partial charge in [0.15, 0.2) is 5.78 Å². The molecule has 0 spiro atoms. The molecule has 10 heteroatoms. The summed E-state index contributed by atoms with van der Waals surface area (Å²) in [6.45, 7) is 0.391. The van der Waals surface area contributed by atoms with E-state index in [4.69, 9.17) is 9.84 Å². The van der Waals surface area contributed by atoms with E-state index in [-0.39, 0.29) is 24.3 Å². The van der Waals surface area contributed by atoms with Gasteiger partial charge < -0.3 is 15.2 Å². The fourth-order valence-electron chi connectivity index (χ4n) is 3.15. The van der Waals surface area contributed by atoms with Crippen LogP contribution in [0.25, 0.3) is 0 Å². The number of carbonyl (C=O) groups excluding carboxylic acids is 2. The zero-order valence-corrected chi connectivity index (χ0v) is 17.2. The minimum absolute atomic E-state index is 0.0233. The highest BCUT2D eigenvalue weighted by atomic mass is 19.1. The lowest BCUT2D eigenvalue weighted by molar-refractivity contribution is -0.140. The Morgan fingerprint density at radius 1 is 1.26 bits per heavy atom. The molecule has 0 fully saturated rings. The van der Waals surface area contributed by atoms with Crippen molar-refractivity contribution in [3.8, 4) is 5.75 Å². The normalized spacial score (nSPS) is 12.6. The molecule has 1 amide bonds. The maximum absolute atomic E-state index is 13.1. The zero-order chi connectivity index (χ0) is 23.0. The monoisotopic (exact) mass is 433 g/mol. The molecule has 1 heterocycles. The van der Waals surface area contributed by atoms with E-state index in [9.17, 15) is 23.6 Å². The summed E-state index contributed by atoms with van der Waals surface area (Å²) >= 11 is 0. The van der Waals surface area contributed by atoms with Crippen molar-refractivity contribution in [1.29, 1.82) is 0 Å². The van der Waals surface area contributed by atoms with Gasteiger partial charge in [-0.15, -0.1) is 0 Å². The molecule has 1 aromatic carbocycles. The summed E-state index contributed by atoms with van der Waals surface area (Å²) in [7, 11) is 1.33. The summed E-state index contributed by atoms with van der Waals surface area (Å²) in [5.41, 5.74) is 0.285. The van der Waals surface area contributed by atoms with Crippen LogP contribution in [0, 0.1) is 0 Å². The summed E-state index contributed by atoms with van der Waals surface area (Å²) in [6, 6.07) is 7.57. The van der Waals surface area contributed by atoms with Gasteiger partial charge in [-0.2, -0.15) is 5.10 Å². The lowest BCUT2D eigenvalue weighted by atomic mass is 9.95. The van der Waals surface area contributed by atoms with Crippen molar-refractivity contribution in [3.05, 3.63) is 58.0 Å². The minimum atomic E-state index is -1.54. The van der Waals surface area contributed by atoms with Gasteiger partial charge in [0.25, 0.3) is 5.56 Å². The number of carboxylic acids is 1. The predicted octanol–water partition coefficient (Wildman–Crippen LogP) is 1.29. The molecule has 2 rings (SSSR count). The first-order chi connectivity index (χ1) is 14.8. The number of aliphatic carboxylic acids is 1. The zero-order valence-electron chi connectivity index (χ0n) is 17.2. The summed E-state index contributed by atoms with van der Waals surface area (Å²) < 4.78 is 19.2. The molecule has 0 aliphatic heterocycles. The molecule has 9 nitrogen and oxygen atoms in total. The second kappa shape index (κ2) is 11.0. The van der Waals surface area contributed by atoms with E-state index in [0.29, 0.717) is 0 Å². The maximum Gasteiger partial charge on any atom is 0.305 e. The fraction of sp³-hybridized carbons (Fsp3) is 0.381. The van der Waals surface area contributed by atoms with E-state index in [1.54, 1.807) is 6.92 Å². The van der Waals surface area contributed by atoms with Gasteiger partial charge in [-0.05, 0) is 12.0 Å². The maximum atomic E-state index is 13.1. The Morgan fingerprint density at radius 2 is 1.94 bits per heavy atom. The molecule has 2 unspecified atom stereocenters. The molecule has 31 heavy (non-hydrogen) atoms. The highest BCUT2D eigenvalue weighted by Crippen LogP contribution is 2.25. The van der Waals surface area contributed by atoms with Crippen molar-refractivity contribution in [3.63, 3.8) is 0 Å². The van der Waals surface area contributed by atoms with Gasteiger partial charge in [-0.3, -0.25) is 19.2 Å². The third-order valence-corrected chi connectivity index (χ3v) is 4.73. The highest BCUT2D eigenvalue weighted by molar-refractivity contribution is 5.94. The largest absolute Gasteiger partial charge is 0.495 e. The lowest BCUT2D eigenvalue weighted by Gasteiger charge is -2.21. The SMILES string of the molecule is CCC(C(=O)NC(CC(=O)O)C(=O)CF)c1c(OC)cnn(Cc2ccccc2)c1=O. The lowest BCUT2D eigenvalue weighted by Crippen LogP contribution is -2.46. The van der Waals surface area contributed by atoms with E-state index in [1.165, 1.54) is 18.0 Å². The number of amides is 1. The Bertz CT molecular complexity index is 992.